The molecule has 1 rings (SSSR count). The average molecular weight is 323 g/mol. The van der Waals surface area contributed by atoms with E-state index in [0.29, 0.717) is 0 Å². The largest absolute Gasteiger partial charge is 0.541 e. The molecule has 11 heavy (non-hydrogen) atoms. The molecule has 0 aliphatic rings. The van der Waals surface area contributed by atoms with Gasteiger partial charge in [-0.05, 0) is 12.1 Å². The normalized spacial score (nSPS) is 8.45. The van der Waals surface area contributed by atoms with Crippen LogP contribution < -0.4 is 0 Å². The molecule has 0 saturated heterocycles. The predicted molar refractivity (Wildman–Crippen MR) is 35.8 cm³/mol. The summed E-state index contributed by atoms with van der Waals surface area (Å²) in [5.74, 6) is -0.283. The van der Waals surface area contributed by atoms with Gasteiger partial charge < -0.3 is 4.79 Å². The van der Waals surface area contributed by atoms with Crippen LogP contribution in [0.15, 0.2) is 24.3 Å². The van der Waals surface area contributed by atoms with E-state index in [4.69, 9.17) is 0 Å². The maximum Gasteiger partial charge on any atom is 0.123 e. The summed E-state index contributed by atoms with van der Waals surface area (Å²) in [6.45, 7) is 0. The molecule has 0 amide bonds. The zero-order chi connectivity index (χ0) is 7.40. The number of rotatable bonds is 2. The average Bonchev–Trinajstić information content (AvgIpc) is 1.95. The quantitative estimate of drug-likeness (QED) is 0.754. The fourth-order valence-electron chi connectivity index (χ4n) is 0.686. The van der Waals surface area contributed by atoms with Crippen molar-refractivity contribution in [3.63, 3.8) is 0 Å². The second-order valence-electron chi connectivity index (χ2n) is 1.95. The maximum absolute atomic E-state index is 12.2. The van der Waals surface area contributed by atoms with Gasteiger partial charge in [-0.15, -0.1) is 6.42 Å². The minimum Gasteiger partial charge on any atom is -0.541 e. The summed E-state index contributed by atoms with van der Waals surface area (Å²) < 4.78 is 12.2. The maximum atomic E-state index is 12.2. The van der Waals surface area contributed by atoms with Crippen molar-refractivity contribution in [1.82, 2.24) is 0 Å². The number of hydrogen-bond acceptors (Lipinski definition) is 1. The van der Waals surface area contributed by atoms with Crippen LogP contribution in [0.5, 0.6) is 0 Å². The van der Waals surface area contributed by atoms with Crippen LogP contribution in [0.2, 0.25) is 0 Å². The number of carbonyl (C=O) groups excluding carboxylic acids is 1. The van der Waals surface area contributed by atoms with Gasteiger partial charge in [0.05, 0.1) is 0 Å². The molecule has 0 aliphatic carbocycles. The molecule has 0 aromatic heterocycles. The van der Waals surface area contributed by atoms with Crippen molar-refractivity contribution in [2.75, 3.05) is 0 Å². The molecule has 0 saturated carbocycles. The molecular weight excluding hydrogens is 317 g/mol. The number of halogens is 1. The van der Waals surface area contributed by atoms with E-state index in [9.17, 15) is 9.18 Å². The molecule has 1 aromatic carbocycles. The van der Waals surface area contributed by atoms with E-state index in [-0.39, 0.29) is 32.7 Å². The zero-order valence-corrected chi connectivity index (χ0v) is 8.40. The molecule has 0 heterocycles. The van der Waals surface area contributed by atoms with E-state index in [1.807, 2.05) is 0 Å². The second-order valence-corrected chi connectivity index (χ2v) is 1.95. The molecule has 0 unspecified atom stereocenters. The van der Waals surface area contributed by atoms with E-state index in [2.05, 4.69) is 0 Å². The van der Waals surface area contributed by atoms with Gasteiger partial charge in [-0.3, -0.25) is 6.29 Å². The first-order chi connectivity index (χ1) is 4.83. The summed E-state index contributed by atoms with van der Waals surface area (Å²) in [6.07, 6.45) is 1.97. The topological polar surface area (TPSA) is 17.1 Å². The summed E-state index contributed by atoms with van der Waals surface area (Å²) in [4.78, 5) is 9.84. The third kappa shape index (κ3) is 3.41. The van der Waals surface area contributed by atoms with E-state index in [1.54, 1.807) is 18.4 Å². The molecule has 1 radical (unpaired) electrons. The van der Waals surface area contributed by atoms with Gasteiger partial charge in [0.25, 0.3) is 0 Å². The Bertz CT molecular complexity index is 220. The third-order valence-corrected chi connectivity index (χ3v) is 1.19. The third-order valence-electron chi connectivity index (χ3n) is 1.19. The Morgan fingerprint density at radius 3 is 2.27 bits per heavy atom. The fraction of sp³-hybridized carbons (Fsp3) is 0.125. The van der Waals surface area contributed by atoms with Crippen LogP contribution in [0.3, 0.4) is 0 Å². The molecule has 0 bridgehead atoms. The predicted octanol–water partition coefficient (Wildman–Crippen LogP) is 1.48. The Hall–Kier alpha value is -0.518. The van der Waals surface area contributed by atoms with Gasteiger partial charge in [-0.2, -0.15) is 0 Å². The number of benzene rings is 1. The summed E-state index contributed by atoms with van der Waals surface area (Å²) in [5.41, 5.74) is 0.788. The SMILES string of the molecule is O=[C-]Cc1ccc(F)cc1.[Re]. The summed E-state index contributed by atoms with van der Waals surface area (Å²) in [6, 6.07) is 5.79. The van der Waals surface area contributed by atoms with E-state index >= 15 is 0 Å². The Balaban J connectivity index is 0.000001000. The Labute approximate surface area is 78.3 Å². The van der Waals surface area contributed by atoms with Gasteiger partial charge in [0.1, 0.15) is 5.82 Å². The Morgan fingerprint density at radius 2 is 1.82 bits per heavy atom. The van der Waals surface area contributed by atoms with Gasteiger partial charge in [-0.1, -0.05) is 17.7 Å². The van der Waals surface area contributed by atoms with Crippen LogP contribution in [-0.2, 0) is 31.6 Å². The van der Waals surface area contributed by atoms with Crippen LogP contribution in [0.4, 0.5) is 4.39 Å². The first kappa shape index (κ1) is 10.5. The molecule has 1 aromatic rings. The molecule has 3 heteroatoms. The van der Waals surface area contributed by atoms with Crippen molar-refractivity contribution in [2.24, 2.45) is 0 Å². The molecule has 0 atom stereocenters. The fourth-order valence-corrected chi connectivity index (χ4v) is 0.686. The molecule has 0 aliphatic heterocycles. The van der Waals surface area contributed by atoms with E-state index in [0.717, 1.165) is 5.56 Å². The molecule has 0 spiro atoms. The van der Waals surface area contributed by atoms with Crippen LogP contribution in [0.1, 0.15) is 5.56 Å². The smallest absolute Gasteiger partial charge is 0.123 e. The number of hydrogen-bond donors (Lipinski definition) is 0. The first-order valence-corrected chi connectivity index (χ1v) is 2.92. The molecule has 0 N–H and O–H groups in total. The minimum absolute atomic E-state index is 0. The second kappa shape index (κ2) is 5.17. The van der Waals surface area contributed by atoms with Crippen LogP contribution in [0, 0.1) is 5.82 Å². The van der Waals surface area contributed by atoms with Crippen molar-refractivity contribution >= 4 is 6.29 Å². The van der Waals surface area contributed by atoms with E-state index in [1.165, 1.54) is 12.1 Å². The monoisotopic (exact) mass is 324 g/mol. The molecule has 59 valence electrons. The standard InChI is InChI=1S/C8H6FO.Re/c9-8-3-1-7(2-4-8)5-6-10;/h1-4H,5H2;/q-1;. The van der Waals surface area contributed by atoms with Crippen molar-refractivity contribution in [1.29, 1.82) is 0 Å². The van der Waals surface area contributed by atoms with Gasteiger partial charge in [0.2, 0.25) is 0 Å². The Morgan fingerprint density at radius 1 is 1.27 bits per heavy atom. The summed E-state index contributed by atoms with van der Waals surface area (Å²) in [7, 11) is 0. The van der Waals surface area contributed by atoms with Crippen LogP contribution >= 0.6 is 0 Å². The molecule has 0 fully saturated rings. The van der Waals surface area contributed by atoms with Gasteiger partial charge in [-0.25, -0.2) is 4.39 Å². The van der Waals surface area contributed by atoms with Crippen molar-refractivity contribution < 1.29 is 29.6 Å². The van der Waals surface area contributed by atoms with Crippen molar-refractivity contribution in [3.05, 3.63) is 35.6 Å². The minimum atomic E-state index is -0.283. The van der Waals surface area contributed by atoms with Crippen molar-refractivity contribution in [2.45, 2.75) is 6.42 Å². The zero-order valence-electron chi connectivity index (χ0n) is 5.68. The van der Waals surface area contributed by atoms with Gasteiger partial charge >= 0.3 is 0 Å². The van der Waals surface area contributed by atoms with Crippen molar-refractivity contribution in [3.8, 4) is 0 Å². The van der Waals surface area contributed by atoms with E-state index < -0.39 is 0 Å². The molecular formula is C8H6FORe-. The summed E-state index contributed by atoms with van der Waals surface area (Å²) >= 11 is 0. The summed E-state index contributed by atoms with van der Waals surface area (Å²) in [5, 5.41) is 0. The van der Waals surface area contributed by atoms with Gasteiger partial charge in [0, 0.05) is 20.4 Å². The van der Waals surface area contributed by atoms with Crippen LogP contribution in [-0.4, -0.2) is 6.29 Å². The van der Waals surface area contributed by atoms with Gasteiger partial charge in [0.15, 0.2) is 0 Å². The Kier molecular flexibility index (Phi) is 4.93. The van der Waals surface area contributed by atoms with Crippen LogP contribution in [0.25, 0.3) is 0 Å². The first-order valence-electron chi connectivity index (χ1n) is 2.92. The molecule has 1 nitrogen and oxygen atoms in total.